The lowest BCUT2D eigenvalue weighted by Gasteiger charge is -2.39. The van der Waals surface area contributed by atoms with Gasteiger partial charge in [-0.15, -0.1) is 4.91 Å². The molecule has 6 nitrogen and oxygen atoms in total. The first-order valence-corrected chi connectivity index (χ1v) is 6.90. The van der Waals surface area contributed by atoms with Crippen LogP contribution in [0.15, 0.2) is 4.91 Å². The van der Waals surface area contributed by atoms with E-state index in [0.29, 0.717) is 6.61 Å². The molecule has 0 aliphatic carbocycles. The third-order valence-corrected chi connectivity index (χ3v) is 5.99. The van der Waals surface area contributed by atoms with Gasteiger partial charge in [0.1, 0.15) is 12.7 Å². The van der Waals surface area contributed by atoms with E-state index in [-0.39, 0.29) is 6.10 Å². The smallest absolute Gasteiger partial charge is 0.196 e. The van der Waals surface area contributed by atoms with Crippen LogP contribution in [-0.4, -0.2) is 75.6 Å². The Morgan fingerprint density at radius 3 is 1.88 bits per heavy atom. The molecule has 16 heavy (non-hydrogen) atoms. The Bertz CT molecular complexity index is 248. The second-order valence-corrected chi connectivity index (χ2v) is 8.05. The summed E-state index contributed by atoms with van der Waals surface area (Å²) >= 11 is 0. The highest BCUT2D eigenvalue weighted by Crippen LogP contribution is 2.54. The Balaban J connectivity index is 2.80. The molecule has 0 saturated carbocycles. The Kier molecular flexibility index (Phi) is 4.91. The summed E-state index contributed by atoms with van der Waals surface area (Å²) < 4.78 is 11.4. The van der Waals surface area contributed by atoms with Crippen LogP contribution in [-0.2, 0) is 9.57 Å². The highest BCUT2D eigenvalue weighted by molar-refractivity contribution is 7.58. The molecular weight excluding hydrogens is 227 g/mol. The van der Waals surface area contributed by atoms with Gasteiger partial charge in [-0.2, -0.15) is 0 Å². The Morgan fingerprint density at radius 1 is 1.12 bits per heavy atom. The average molecular weight is 250 g/mol. The number of nitrogens with zero attached hydrogens (tertiary/aromatic N) is 4. The van der Waals surface area contributed by atoms with Crippen molar-refractivity contribution in [2.75, 3.05) is 55.5 Å². The minimum absolute atomic E-state index is 0.247. The second-order valence-electron chi connectivity index (χ2n) is 4.41. The van der Waals surface area contributed by atoms with E-state index >= 15 is 0 Å². The lowest BCUT2D eigenvalue weighted by atomic mass is 10.5. The van der Waals surface area contributed by atoms with E-state index in [9.17, 15) is 0 Å². The molecule has 1 heterocycles. The third-order valence-electron chi connectivity index (χ3n) is 2.44. The second kappa shape index (κ2) is 5.58. The topological polar surface area (TPSA) is 43.8 Å². The highest BCUT2D eigenvalue weighted by Gasteiger charge is 2.30. The standard InChI is InChI=1S/C9H23N4O2P/c1-11(2)16(12(3)4,13(5)6)10-15-8-9-7-14-9/h9H,7-8H2,1-6H3. The molecule has 1 fully saturated rings. The van der Waals surface area contributed by atoms with Gasteiger partial charge in [-0.05, 0) is 42.3 Å². The summed E-state index contributed by atoms with van der Waals surface area (Å²) in [6.45, 7) is 1.35. The summed E-state index contributed by atoms with van der Waals surface area (Å²) in [5.74, 6) is 0. The highest BCUT2D eigenvalue weighted by atomic mass is 31.2. The fourth-order valence-electron chi connectivity index (χ4n) is 1.65. The van der Waals surface area contributed by atoms with Gasteiger partial charge in [0.05, 0.1) is 6.61 Å². The summed E-state index contributed by atoms with van der Waals surface area (Å²) in [4.78, 5) is 9.87. The van der Waals surface area contributed by atoms with Crippen LogP contribution in [0.3, 0.4) is 0 Å². The molecule has 1 unspecified atom stereocenters. The predicted molar refractivity (Wildman–Crippen MR) is 66.1 cm³/mol. The Labute approximate surface area is 98.3 Å². The van der Waals surface area contributed by atoms with Crippen molar-refractivity contribution in [2.24, 2.45) is 4.91 Å². The zero-order valence-corrected chi connectivity index (χ0v) is 11.9. The fraction of sp³-hybridized carbons (Fsp3) is 1.00. The molecule has 1 saturated heterocycles. The molecule has 0 amide bonds. The monoisotopic (exact) mass is 250 g/mol. The van der Waals surface area contributed by atoms with Crippen molar-refractivity contribution >= 4 is 7.51 Å². The van der Waals surface area contributed by atoms with Crippen molar-refractivity contribution in [1.29, 1.82) is 0 Å². The van der Waals surface area contributed by atoms with E-state index in [4.69, 9.17) is 9.57 Å². The third kappa shape index (κ3) is 3.03. The van der Waals surface area contributed by atoms with Crippen LogP contribution in [0.1, 0.15) is 0 Å². The van der Waals surface area contributed by atoms with Crippen molar-refractivity contribution < 1.29 is 9.57 Å². The summed E-state index contributed by atoms with van der Waals surface area (Å²) in [6, 6.07) is 0. The number of hydrogen-bond donors (Lipinski definition) is 0. The average Bonchev–Trinajstić information content (AvgIpc) is 2.93. The number of epoxide rings is 1. The maximum atomic E-state index is 5.43. The van der Waals surface area contributed by atoms with Gasteiger partial charge >= 0.3 is 0 Å². The molecule has 0 spiro atoms. The van der Waals surface area contributed by atoms with Crippen molar-refractivity contribution in [3.8, 4) is 0 Å². The first-order chi connectivity index (χ1) is 7.41. The number of ether oxygens (including phenoxy) is 1. The molecule has 0 radical (unpaired) electrons. The van der Waals surface area contributed by atoms with E-state index < -0.39 is 7.51 Å². The summed E-state index contributed by atoms with van der Waals surface area (Å²) in [6.07, 6.45) is 0.247. The lowest BCUT2D eigenvalue weighted by molar-refractivity contribution is 0.123. The van der Waals surface area contributed by atoms with Crippen LogP contribution in [0.25, 0.3) is 0 Å². The van der Waals surface area contributed by atoms with Crippen LogP contribution in [0.2, 0.25) is 0 Å². The Morgan fingerprint density at radius 2 is 1.56 bits per heavy atom. The van der Waals surface area contributed by atoms with E-state index in [2.05, 4.69) is 18.9 Å². The Hall–Kier alpha value is 0.0300. The van der Waals surface area contributed by atoms with Crippen LogP contribution in [0.5, 0.6) is 0 Å². The zero-order valence-electron chi connectivity index (χ0n) is 11.0. The van der Waals surface area contributed by atoms with Crippen LogP contribution < -0.4 is 0 Å². The van der Waals surface area contributed by atoms with Gasteiger partial charge in [0, 0.05) is 0 Å². The molecular formula is C9H23N4O2P. The zero-order chi connectivity index (χ0) is 12.3. The van der Waals surface area contributed by atoms with E-state index in [1.54, 1.807) is 0 Å². The molecule has 1 aliphatic heterocycles. The largest absolute Gasteiger partial charge is 0.371 e. The molecule has 96 valence electrons. The van der Waals surface area contributed by atoms with E-state index in [0.717, 1.165) is 6.61 Å². The summed E-state index contributed by atoms with van der Waals surface area (Å²) in [5.41, 5.74) is 0. The van der Waals surface area contributed by atoms with Crippen molar-refractivity contribution in [3.05, 3.63) is 0 Å². The SMILES string of the molecule is CN(C)P(=NOCC1CO1)(N(C)C)N(C)C. The number of hydrogen-bond acceptors (Lipinski definition) is 3. The van der Waals surface area contributed by atoms with Gasteiger partial charge in [0.25, 0.3) is 0 Å². The van der Waals surface area contributed by atoms with E-state index in [1.807, 2.05) is 42.3 Å². The normalized spacial score (nSPS) is 20.9. The van der Waals surface area contributed by atoms with Gasteiger partial charge < -0.3 is 4.74 Å². The van der Waals surface area contributed by atoms with Crippen LogP contribution in [0, 0.1) is 0 Å². The van der Waals surface area contributed by atoms with Gasteiger partial charge in [0.15, 0.2) is 7.51 Å². The summed E-state index contributed by atoms with van der Waals surface area (Å²) in [5, 5.41) is 0. The van der Waals surface area contributed by atoms with Crippen molar-refractivity contribution in [2.45, 2.75) is 6.10 Å². The lowest BCUT2D eigenvalue weighted by Crippen LogP contribution is -2.30. The van der Waals surface area contributed by atoms with Gasteiger partial charge in [-0.25, -0.2) is 4.84 Å². The number of rotatable bonds is 6. The minimum atomic E-state index is -1.89. The van der Waals surface area contributed by atoms with Crippen molar-refractivity contribution in [1.82, 2.24) is 14.0 Å². The molecule has 1 aliphatic rings. The maximum absolute atomic E-state index is 5.43. The van der Waals surface area contributed by atoms with Gasteiger partial charge in [-0.3, -0.25) is 14.0 Å². The van der Waals surface area contributed by atoms with E-state index in [1.165, 1.54) is 0 Å². The van der Waals surface area contributed by atoms with Crippen LogP contribution in [0.4, 0.5) is 0 Å². The molecule has 0 aromatic rings. The first-order valence-electron chi connectivity index (χ1n) is 5.30. The molecule has 7 heteroatoms. The minimum Gasteiger partial charge on any atom is -0.371 e. The quantitative estimate of drug-likeness (QED) is 0.399. The molecule has 1 atom stereocenters. The molecule has 0 bridgehead atoms. The van der Waals surface area contributed by atoms with Crippen LogP contribution >= 0.6 is 7.51 Å². The fourth-order valence-corrected chi connectivity index (χ4v) is 4.46. The maximum Gasteiger partial charge on any atom is 0.196 e. The molecule has 1 rings (SSSR count). The van der Waals surface area contributed by atoms with Gasteiger partial charge in [0.2, 0.25) is 0 Å². The predicted octanol–water partition coefficient (Wildman–Crippen LogP) is 0.948. The molecule has 0 aromatic heterocycles. The first kappa shape index (κ1) is 14.1. The summed E-state index contributed by atoms with van der Waals surface area (Å²) in [7, 11) is 10.2. The molecule has 0 N–H and O–H groups in total. The van der Waals surface area contributed by atoms with Gasteiger partial charge in [-0.1, -0.05) is 0 Å². The van der Waals surface area contributed by atoms with Crippen molar-refractivity contribution in [3.63, 3.8) is 0 Å². The molecule has 0 aromatic carbocycles.